The monoisotopic (exact) mass is 246 g/mol. The van der Waals surface area contributed by atoms with Crippen molar-refractivity contribution < 1.29 is 12.8 Å². The van der Waals surface area contributed by atoms with Crippen LogP contribution in [0.5, 0.6) is 0 Å². The molecule has 0 amide bonds. The van der Waals surface area contributed by atoms with Gasteiger partial charge in [-0.05, 0) is 32.5 Å². The Hall–Kier alpha value is -0.850. The Kier molecular flexibility index (Phi) is 5.51. The second-order valence-corrected chi connectivity index (χ2v) is 5.51. The van der Waals surface area contributed by atoms with Gasteiger partial charge in [0.2, 0.25) is 10.0 Å². The molecule has 0 aliphatic heterocycles. The van der Waals surface area contributed by atoms with Crippen LogP contribution in [-0.4, -0.2) is 27.8 Å². The number of unbranched alkanes of at least 4 members (excludes halogenated alkanes) is 1. The molecule has 1 aromatic rings. The summed E-state index contributed by atoms with van der Waals surface area (Å²) >= 11 is 0. The van der Waals surface area contributed by atoms with Gasteiger partial charge in [-0.2, -0.15) is 0 Å². The SMILES string of the molecule is CNCCCCS(=O)(=O)NCc1ccoc1. The molecule has 0 bridgehead atoms. The number of hydrogen-bond donors (Lipinski definition) is 2. The highest BCUT2D eigenvalue weighted by Gasteiger charge is 2.09. The highest BCUT2D eigenvalue weighted by atomic mass is 32.2. The van der Waals surface area contributed by atoms with Crippen LogP contribution in [-0.2, 0) is 16.6 Å². The minimum absolute atomic E-state index is 0.173. The first-order valence-electron chi connectivity index (χ1n) is 5.27. The molecule has 0 unspecified atom stereocenters. The number of furan rings is 1. The minimum atomic E-state index is -3.16. The maximum atomic E-state index is 11.5. The summed E-state index contributed by atoms with van der Waals surface area (Å²) in [6, 6.07) is 1.74. The second kappa shape index (κ2) is 6.67. The molecule has 1 heterocycles. The number of rotatable bonds is 8. The van der Waals surface area contributed by atoms with Crippen molar-refractivity contribution in [3.8, 4) is 0 Å². The zero-order chi connectivity index (χ0) is 11.9. The molecule has 0 aliphatic carbocycles. The smallest absolute Gasteiger partial charge is 0.211 e. The van der Waals surface area contributed by atoms with Crippen LogP contribution in [0.4, 0.5) is 0 Å². The Morgan fingerprint density at radius 2 is 2.19 bits per heavy atom. The maximum absolute atomic E-state index is 11.5. The highest BCUT2D eigenvalue weighted by molar-refractivity contribution is 7.89. The molecule has 0 radical (unpaired) electrons. The summed E-state index contributed by atoms with van der Waals surface area (Å²) in [5.41, 5.74) is 0.832. The van der Waals surface area contributed by atoms with E-state index in [2.05, 4.69) is 10.0 Å². The van der Waals surface area contributed by atoms with Gasteiger partial charge >= 0.3 is 0 Å². The van der Waals surface area contributed by atoms with Crippen molar-refractivity contribution in [2.24, 2.45) is 0 Å². The van der Waals surface area contributed by atoms with Crippen LogP contribution in [0.1, 0.15) is 18.4 Å². The van der Waals surface area contributed by atoms with Gasteiger partial charge in [-0.1, -0.05) is 0 Å². The third kappa shape index (κ3) is 5.29. The summed E-state index contributed by atoms with van der Waals surface area (Å²) in [6.45, 7) is 1.14. The molecule has 0 aliphatic rings. The normalized spacial score (nSPS) is 11.8. The van der Waals surface area contributed by atoms with Gasteiger partial charge in [0.25, 0.3) is 0 Å². The first kappa shape index (κ1) is 13.2. The van der Waals surface area contributed by atoms with Crippen LogP contribution >= 0.6 is 0 Å². The van der Waals surface area contributed by atoms with Gasteiger partial charge in [0.05, 0.1) is 18.3 Å². The lowest BCUT2D eigenvalue weighted by atomic mass is 10.3. The van der Waals surface area contributed by atoms with Crippen LogP contribution in [0.2, 0.25) is 0 Å². The zero-order valence-electron chi connectivity index (χ0n) is 9.40. The zero-order valence-corrected chi connectivity index (χ0v) is 10.2. The maximum Gasteiger partial charge on any atom is 0.211 e. The van der Waals surface area contributed by atoms with Gasteiger partial charge in [-0.15, -0.1) is 0 Å². The molecule has 1 aromatic heterocycles. The van der Waals surface area contributed by atoms with E-state index in [0.717, 1.165) is 18.5 Å². The number of nitrogens with one attached hydrogen (secondary N) is 2. The molecule has 0 spiro atoms. The van der Waals surface area contributed by atoms with Gasteiger partial charge < -0.3 is 9.73 Å². The Morgan fingerprint density at radius 3 is 2.81 bits per heavy atom. The molecule has 92 valence electrons. The lowest BCUT2D eigenvalue weighted by molar-refractivity contribution is 0.560. The standard InChI is InChI=1S/C10H18N2O3S/c1-11-5-2-3-7-16(13,14)12-8-10-4-6-15-9-10/h4,6,9,11-12H,2-3,5,7-8H2,1H3. The quantitative estimate of drug-likeness (QED) is 0.662. The molecule has 6 heteroatoms. The third-order valence-corrected chi connectivity index (χ3v) is 3.58. The van der Waals surface area contributed by atoms with Gasteiger partial charge in [-0.25, -0.2) is 13.1 Å². The Labute approximate surface area is 96.3 Å². The first-order valence-corrected chi connectivity index (χ1v) is 6.92. The van der Waals surface area contributed by atoms with Crippen molar-refractivity contribution in [1.82, 2.24) is 10.0 Å². The molecule has 0 aromatic carbocycles. The van der Waals surface area contributed by atoms with E-state index in [1.54, 1.807) is 6.07 Å². The molecule has 0 atom stereocenters. The first-order chi connectivity index (χ1) is 7.64. The molecule has 16 heavy (non-hydrogen) atoms. The number of sulfonamides is 1. The van der Waals surface area contributed by atoms with Crippen molar-refractivity contribution in [2.45, 2.75) is 19.4 Å². The molecule has 0 saturated carbocycles. The second-order valence-electron chi connectivity index (χ2n) is 3.58. The lowest BCUT2D eigenvalue weighted by Crippen LogP contribution is -2.26. The summed E-state index contributed by atoms with van der Waals surface area (Å²) in [5, 5.41) is 2.98. The molecule has 0 saturated heterocycles. The fourth-order valence-corrected chi connectivity index (χ4v) is 2.37. The fourth-order valence-electron chi connectivity index (χ4n) is 1.25. The summed E-state index contributed by atoms with van der Waals surface area (Å²) in [7, 11) is -1.30. The van der Waals surface area contributed by atoms with Crippen LogP contribution < -0.4 is 10.0 Å². The van der Waals surface area contributed by atoms with Gasteiger partial charge in [0, 0.05) is 12.1 Å². The largest absolute Gasteiger partial charge is 0.472 e. The predicted octanol–water partition coefficient (Wildman–Crippen LogP) is 0.699. The average Bonchev–Trinajstić information content (AvgIpc) is 2.75. The summed E-state index contributed by atoms with van der Waals surface area (Å²) in [6.07, 6.45) is 4.59. The van der Waals surface area contributed by atoms with E-state index in [9.17, 15) is 8.42 Å². The number of hydrogen-bond acceptors (Lipinski definition) is 4. The topological polar surface area (TPSA) is 71.3 Å². The average molecular weight is 246 g/mol. The summed E-state index contributed by atoms with van der Waals surface area (Å²) < 4.78 is 30.4. The molecule has 5 nitrogen and oxygen atoms in total. The van der Waals surface area contributed by atoms with Gasteiger partial charge in [0.15, 0.2) is 0 Å². The molecule has 2 N–H and O–H groups in total. The van der Waals surface area contributed by atoms with Crippen LogP contribution in [0.25, 0.3) is 0 Å². The van der Waals surface area contributed by atoms with Crippen LogP contribution in [0, 0.1) is 0 Å². The van der Waals surface area contributed by atoms with E-state index < -0.39 is 10.0 Å². The predicted molar refractivity (Wildman–Crippen MR) is 62.5 cm³/mol. The van der Waals surface area contributed by atoms with E-state index in [1.807, 2.05) is 7.05 Å². The third-order valence-electron chi connectivity index (χ3n) is 2.17. The Morgan fingerprint density at radius 1 is 1.38 bits per heavy atom. The molecular formula is C10H18N2O3S. The molecule has 1 rings (SSSR count). The summed E-state index contributed by atoms with van der Waals surface area (Å²) in [4.78, 5) is 0. The van der Waals surface area contributed by atoms with Gasteiger partial charge in [0.1, 0.15) is 0 Å². The Bertz CT molecular complexity index is 373. The van der Waals surface area contributed by atoms with E-state index in [1.165, 1.54) is 12.5 Å². The van der Waals surface area contributed by atoms with Crippen molar-refractivity contribution in [2.75, 3.05) is 19.3 Å². The molecule has 0 fully saturated rings. The fraction of sp³-hybridized carbons (Fsp3) is 0.600. The minimum Gasteiger partial charge on any atom is -0.472 e. The van der Waals surface area contributed by atoms with Gasteiger partial charge in [-0.3, -0.25) is 0 Å². The lowest BCUT2D eigenvalue weighted by Gasteiger charge is -2.05. The summed E-state index contributed by atoms with van der Waals surface area (Å²) in [5.74, 6) is 0.173. The Balaban J connectivity index is 2.23. The van der Waals surface area contributed by atoms with E-state index in [-0.39, 0.29) is 5.75 Å². The van der Waals surface area contributed by atoms with Crippen LogP contribution in [0.15, 0.2) is 23.0 Å². The van der Waals surface area contributed by atoms with Crippen molar-refractivity contribution in [3.05, 3.63) is 24.2 Å². The highest BCUT2D eigenvalue weighted by Crippen LogP contribution is 2.01. The van der Waals surface area contributed by atoms with Crippen LogP contribution in [0.3, 0.4) is 0 Å². The van der Waals surface area contributed by atoms with Crippen molar-refractivity contribution in [1.29, 1.82) is 0 Å². The van der Waals surface area contributed by atoms with E-state index >= 15 is 0 Å². The van der Waals surface area contributed by atoms with E-state index in [4.69, 9.17) is 4.42 Å². The van der Waals surface area contributed by atoms with Crippen molar-refractivity contribution in [3.63, 3.8) is 0 Å². The van der Waals surface area contributed by atoms with Crippen molar-refractivity contribution >= 4 is 10.0 Å². The van der Waals surface area contributed by atoms with E-state index in [0.29, 0.717) is 13.0 Å². The molecular weight excluding hydrogens is 228 g/mol.